The van der Waals surface area contributed by atoms with Gasteiger partial charge < -0.3 is 5.11 Å². The normalized spacial score (nSPS) is 10.7. The molecule has 0 fully saturated rings. The second-order valence-corrected chi connectivity index (χ2v) is 7.23. The largest absolute Gasteiger partial charge is 0.513 e. The first-order chi connectivity index (χ1) is 11.6. The van der Waals surface area contributed by atoms with E-state index in [4.69, 9.17) is 4.98 Å². The first-order valence-corrected chi connectivity index (χ1v) is 8.90. The lowest BCUT2D eigenvalue weighted by Crippen LogP contribution is -1.93. The van der Waals surface area contributed by atoms with Gasteiger partial charge in [-0.15, -0.1) is 11.3 Å². The Labute approximate surface area is 147 Å². The topological polar surface area (TPSA) is 33.1 Å². The highest BCUT2D eigenvalue weighted by molar-refractivity contribution is 7.12. The van der Waals surface area contributed by atoms with Crippen molar-refractivity contribution in [2.24, 2.45) is 0 Å². The minimum atomic E-state index is 0.203. The average Bonchev–Trinajstić information content (AvgIpc) is 2.95. The van der Waals surface area contributed by atoms with Crippen molar-refractivity contribution in [1.82, 2.24) is 4.98 Å². The Morgan fingerprint density at radius 3 is 2.33 bits per heavy atom. The fourth-order valence-corrected chi connectivity index (χ4v) is 3.69. The Morgan fingerprint density at radius 1 is 1.00 bits per heavy atom. The number of rotatable bonds is 6. The molecular weight excluding hydrogens is 314 g/mol. The first kappa shape index (κ1) is 16.5. The Hall–Kier alpha value is -2.39. The van der Waals surface area contributed by atoms with Crippen LogP contribution in [0, 0.1) is 6.92 Å². The zero-order valence-corrected chi connectivity index (χ0v) is 14.6. The maximum Gasteiger partial charge on any atom is 0.0938 e. The van der Waals surface area contributed by atoms with Crippen molar-refractivity contribution >= 4 is 11.3 Å². The third-order valence-corrected chi connectivity index (χ3v) is 4.98. The van der Waals surface area contributed by atoms with Crippen LogP contribution >= 0.6 is 11.3 Å². The second kappa shape index (κ2) is 7.45. The number of thiazole rings is 1. The van der Waals surface area contributed by atoms with Crippen LogP contribution in [0.1, 0.15) is 21.0 Å². The molecule has 3 aromatic rings. The summed E-state index contributed by atoms with van der Waals surface area (Å²) >= 11 is 1.78. The van der Waals surface area contributed by atoms with E-state index in [-0.39, 0.29) is 5.76 Å². The number of allylic oxidation sites excluding steroid dienone is 1. The van der Waals surface area contributed by atoms with Gasteiger partial charge in [0.05, 0.1) is 16.5 Å². The third kappa shape index (κ3) is 4.12. The van der Waals surface area contributed by atoms with Gasteiger partial charge in [-0.1, -0.05) is 61.2 Å². The number of hydrogen-bond donors (Lipinski definition) is 1. The van der Waals surface area contributed by atoms with Crippen molar-refractivity contribution in [2.75, 3.05) is 0 Å². The van der Waals surface area contributed by atoms with E-state index in [9.17, 15) is 5.11 Å². The zero-order valence-electron chi connectivity index (χ0n) is 13.8. The van der Waals surface area contributed by atoms with Crippen molar-refractivity contribution in [1.29, 1.82) is 0 Å². The molecule has 2 aromatic carbocycles. The molecular formula is C21H21NOS. The van der Waals surface area contributed by atoms with Gasteiger partial charge in [-0.2, -0.15) is 0 Å². The summed E-state index contributed by atoms with van der Waals surface area (Å²) in [5.41, 5.74) is 4.66. The van der Waals surface area contributed by atoms with E-state index in [0.29, 0.717) is 6.42 Å². The molecule has 0 atom stereocenters. The van der Waals surface area contributed by atoms with E-state index in [0.717, 1.165) is 24.1 Å². The quantitative estimate of drug-likeness (QED) is 0.602. The van der Waals surface area contributed by atoms with Crippen molar-refractivity contribution in [3.8, 4) is 11.3 Å². The van der Waals surface area contributed by atoms with Gasteiger partial charge in [0.2, 0.25) is 0 Å². The highest BCUT2D eigenvalue weighted by atomic mass is 32.1. The minimum Gasteiger partial charge on any atom is -0.513 e. The molecule has 122 valence electrons. The van der Waals surface area contributed by atoms with Gasteiger partial charge in [0.15, 0.2) is 0 Å². The summed E-state index contributed by atoms with van der Waals surface area (Å²) in [4.78, 5) is 6.10. The molecule has 0 aliphatic heterocycles. The van der Waals surface area contributed by atoms with Gasteiger partial charge in [0, 0.05) is 23.3 Å². The first-order valence-electron chi connectivity index (χ1n) is 8.08. The van der Waals surface area contributed by atoms with Crippen LogP contribution in [0.3, 0.4) is 0 Å². The van der Waals surface area contributed by atoms with Gasteiger partial charge in [-0.25, -0.2) is 4.98 Å². The van der Waals surface area contributed by atoms with Crippen LogP contribution in [0.2, 0.25) is 0 Å². The fraction of sp³-hybridized carbons (Fsp3) is 0.190. The van der Waals surface area contributed by atoms with Gasteiger partial charge >= 0.3 is 0 Å². The minimum absolute atomic E-state index is 0.203. The lowest BCUT2D eigenvalue weighted by atomic mass is 10.1. The van der Waals surface area contributed by atoms with E-state index in [1.54, 1.807) is 11.3 Å². The summed E-state index contributed by atoms with van der Waals surface area (Å²) in [6.45, 7) is 5.67. The lowest BCUT2D eigenvalue weighted by Gasteiger charge is -2.03. The molecule has 1 aromatic heterocycles. The molecule has 3 heteroatoms. The van der Waals surface area contributed by atoms with Crippen molar-refractivity contribution < 1.29 is 5.11 Å². The predicted molar refractivity (Wildman–Crippen MR) is 102 cm³/mol. The van der Waals surface area contributed by atoms with E-state index in [2.05, 4.69) is 62.0 Å². The fourth-order valence-electron chi connectivity index (χ4n) is 2.73. The molecule has 0 saturated heterocycles. The molecule has 1 N–H and O–H groups in total. The number of aryl methyl sites for hydroxylation is 3. The molecule has 0 amide bonds. The molecule has 0 radical (unpaired) electrons. The number of aromatic nitrogens is 1. The molecule has 0 spiro atoms. The maximum absolute atomic E-state index is 9.25. The summed E-state index contributed by atoms with van der Waals surface area (Å²) in [5, 5.41) is 10.4. The van der Waals surface area contributed by atoms with Crippen LogP contribution in [-0.2, 0) is 19.3 Å². The van der Waals surface area contributed by atoms with Crippen LogP contribution in [0.25, 0.3) is 11.3 Å². The van der Waals surface area contributed by atoms with Crippen molar-refractivity contribution in [2.45, 2.75) is 26.2 Å². The molecule has 0 saturated carbocycles. The molecule has 0 aliphatic rings. The number of aliphatic hydroxyl groups excluding tert-OH is 1. The molecule has 1 heterocycles. The Bertz CT molecular complexity index is 819. The van der Waals surface area contributed by atoms with Gasteiger partial charge in [-0.3, -0.25) is 0 Å². The Kier molecular flexibility index (Phi) is 5.11. The third-order valence-electron chi connectivity index (χ3n) is 3.95. The van der Waals surface area contributed by atoms with Crippen LogP contribution in [0.4, 0.5) is 0 Å². The summed E-state index contributed by atoms with van der Waals surface area (Å²) in [5.74, 6) is 0.203. The lowest BCUT2D eigenvalue weighted by molar-refractivity contribution is 0.401. The highest BCUT2D eigenvalue weighted by Gasteiger charge is 2.09. The van der Waals surface area contributed by atoms with Crippen LogP contribution in [-0.4, -0.2) is 10.1 Å². The summed E-state index contributed by atoms with van der Waals surface area (Å²) in [6, 6.07) is 18.7. The molecule has 24 heavy (non-hydrogen) atoms. The summed E-state index contributed by atoms with van der Waals surface area (Å²) < 4.78 is 0. The second-order valence-electron chi connectivity index (χ2n) is 5.94. The van der Waals surface area contributed by atoms with Gasteiger partial charge in [0.25, 0.3) is 0 Å². The monoisotopic (exact) mass is 335 g/mol. The summed E-state index contributed by atoms with van der Waals surface area (Å²) in [6.07, 6.45) is 2.44. The number of benzene rings is 2. The standard InChI is InChI=1S/C21H21NOS/c1-15(23)14-18-10-8-17(9-11-18)12-13-20-22-21(16(2)24-20)19-6-4-3-5-7-19/h3-11,23H,1,12-14H2,2H3. The maximum atomic E-state index is 9.25. The van der Waals surface area contributed by atoms with E-state index >= 15 is 0 Å². The van der Waals surface area contributed by atoms with E-state index < -0.39 is 0 Å². The predicted octanol–water partition coefficient (Wildman–Crippen LogP) is 5.52. The molecule has 3 rings (SSSR count). The van der Waals surface area contributed by atoms with Crippen LogP contribution < -0.4 is 0 Å². The molecule has 2 nitrogen and oxygen atoms in total. The van der Waals surface area contributed by atoms with E-state index in [1.165, 1.54) is 21.0 Å². The zero-order chi connectivity index (χ0) is 16.9. The van der Waals surface area contributed by atoms with Gasteiger partial charge in [-0.05, 0) is 24.5 Å². The molecule has 0 unspecified atom stereocenters. The Balaban J connectivity index is 1.66. The number of nitrogens with zero attached hydrogens (tertiary/aromatic N) is 1. The van der Waals surface area contributed by atoms with E-state index in [1.807, 2.05) is 6.07 Å². The van der Waals surface area contributed by atoms with Crippen LogP contribution in [0.15, 0.2) is 66.9 Å². The summed E-state index contributed by atoms with van der Waals surface area (Å²) in [7, 11) is 0. The van der Waals surface area contributed by atoms with Gasteiger partial charge in [0.1, 0.15) is 0 Å². The SMILES string of the molecule is C=C(O)Cc1ccc(CCc2nc(-c3ccccc3)c(C)s2)cc1. The molecule has 0 bridgehead atoms. The number of aliphatic hydroxyl groups is 1. The van der Waals surface area contributed by atoms with Crippen LogP contribution in [0.5, 0.6) is 0 Å². The Morgan fingerprint density at radius 2 is 1.67 bits per heavy atom. The average molecular weight is 335 g/mol. The number of hydrogen-bond acceptors (Lipinski definition) is 3. The van der Waals surface area contributed by atoms with Crippen molar-refractivity contribution in [3.05, 3.63) is 87.9 Å². The smallest absolute Gasteiger partial charge is 0.0938 e. The van der Waals surface area contributed by atoms with Crippen molar-refractivity contribution in [3.63, 3.8) is 0 Å². The molecule has 0 aliphatic carbocycles. The highest BCUT2D eigenvalue weighted by Crippen LogP contribution is 2.28.